The maximum absolute atomic E-state index is 12.2. The number of nitrogens with one attached hydrogen (secondary N) is 1. The van der Waals surface area contributed by atoms with E-state index in [4.69, 9.17) is 9.84 Å². The van der Waals surface area contributed by atoms with Gasteiger partial charge in [-0.05, 0) is 11.5 Å². The van der Waals surface area contributed by atoms with Gasteiger partial charge in [-0.3, -0.25) is 9.36 Å². The molecule has 1 aromatic rings. The molecule has 1 aromatic heterocycles. The van der Waals surface area contributed by atoms with Crippen molar-refractivity contribution in [2.45, 2.75) is 52.0 Å². The average Bonchev–Trinajstić information content (AvgIpc) is 2.94. The largest absolute Gasteiger partial charge is 0.394 e. The Kier molecular flexibility index (Phi) is 8.17. The summed E-state index contributed by atoms with van der Waals surface area (Å²) in [4.78, 5) is 28.0. The summed E-state index contributed by atoms with van der Waals surface area (Å²) in [5.41, 5.74) is -0.331. The van der Waals surface area contributed by atoms with Crippen LogP contribution in [0.5, 0.6) is 0 Å². The molecular weight excluding hydrogens is 390 g/mol. The summed E-state index contributed by atoms with van der Waals surface area (Å²) in [5.74, 6) is 1.68. The van der Waals surface area contributed by atoms with Crippen molar-refractivity contribution in [1.82, 2.24) is 9.55 Å². The second-order valence-electron chi connectivity index (χ2n) is 7.56. The molecule has 1 aliphatic heterocycles. The molecule has 1 aliphatic rings. The van der Waals surface area contributed by atoms with E-state index in [1.807, 2.05) is 0 Å². The molecule has 152 valence electrons. The van der Waals surface area contributed by atoms with E-state index in [2.05, 4.69) is 31.1 Å². The Labute approximate surface area is 166 Å². The van der Waals surface area contributed by atoms with Crippen molar-refractivity contribution in [3.63, 3.8) is 0 Å². The van der Waals surface area contributed by atoms with Gasteiger partial charge in [0.25, 0.3) is 0 Å². The smallest absolute Gasteiger partial charge is 0.351 e. The number of anilines is 1. The van der Waals surface area contributed by atoms with Crippen LogP contribution in [-0.2, 0) is 9.53 Å². The van der Waals surface area contributed by atoms with Crippen LogP contribution in [0.2, 0.25) is 0 Å². The number of carbonyl (C=O) groups excluding carboxylic acids is 1. The molecule has 0 spiro atoms. The van der Waals surface area contributed by atoms with Crippen molar-refractivity contribution in [2.24, 2.45) is 5.41 Å². The third-order valence-corrected chi connectivity index (χ3v) is 6.65. The Balaban J connectivity index is 1.82. The molecule has 3 N–H and O–H groups in total. The highest BCUT2D eigenvalue weighted by Crippen LogP contribution is 2.30. The Morgan fingerprint density at radius 3 is 2.78 bits per heavy atom. The third-order valence-electron chi connectivity index (χ3n) is 3.78. The maximum Gasteiger partial charge on any atom is 0.351 e. The van der Waals surface area contributed by atoms with E-state index in [0.29, 0.717) is 12.2 Å². The van der Waals surface area contributed by atoms with E-state index in [0.717, 1.165) is 5.75 Å². The lowest BCUT2D eigenvalue weighted by Gasteiger charge is -2.16. The Bertz CT molecular complexity index is 692. The second kappa shape index (κ2) is 9.92. The topological polar surface area (TPSA) is 114 Å². The molecule has 0 saturated carbocycles. The zero-order valence-corrected chi connectivity index (χ0v) is 17.4. The van der Waals surface area contributed by atoms with E-state index in [1.165, 1.54) is 16.8 Å². The van der Waals surface area contributed by atoms with Crippen LogP contribution in [0.4, 0.5) is 5.82 Å². The summed E-state index contributed by atoms with van der Waals surface area (Å²) in [7, 11) is 3.40. The summed E-state index contributed by atoms with van der Waals surface area (Å²) in [6, 6.07) is 1.52. The van der Waals surface area contributed by atoms with Crippen LogP contribution in [0.3, 0.4) is 0 Å². The molecule has 0 bridgehead atoms. The fraction of sp³-hybridized carbons (Fsp3) is 0.706. The number of rotatable bonds is 8. The number of carbonyl (C=O) groups is 1. The molecule has 1 amide bonds. The average molecular weight is 418 g/mol. The summed E-state index contributed by atoms with van der Waals surface area (Å²) >= 11 is 0. The quantitative estimate of drug-likeness (QED) is 0.432. The SMILES string of the molecule is CC(C)(C)CSSCCC(=O)Nc1ccn([C@H]2CC(O)[C@@H](CO)O2)c(=O)n1. The molecule has 10 heteroatoms. The first kappa shape index (κ1) is 22.2. The minimum absolute atomic E-state index is 0.186. The zero-order valence-electron chi connectivity index (χ0n) is 15.8. The molecule has 8 nitrogen and oxygen atoms in total. The number of ether oxygens (including phenoxy) is 1. The molecule has 0 radical (unpaired) electrons. The van der Waals surface area contributed by atoms with E-state index in [-0.39, 0.29) is 30.2 Å². The van der Waals surface area contributed by atoms with Crippen LogP contribution in [0.1, 0.15) is 39.8 Å². The molecule has 2 rings (SSSR count). The van der Waals surface area contributed by atoms with Gasteiger partial charge in [0.2, 0.25) is 5.91 Å². The van der Waals surface area contributed by atoms with Gasteiger partial charge in [-0.2, -0.15) is 4.98 Å². The molecule has 3 atom stereocenters. The first-order valence-electron chi connectivity index (χ1n) is 8.77. The van der Waals surface area contributed by atoms with Gasteiger partial charge in [0.15, 0.2) is 0 Å². The first-order chi connectivity index (χ1) is 12.7. The molecule has 1 saturated heterocycles. The number of amides is 1. The molecular formula is C17H27N3O5S2. The van der Waals surface area contributed by atoms with E-state index in [9.17, 15) is 14.7 Å². The van der Waals surface area contributed by atoms with Gasteiger partial charge < -0.3 is 20.3 Å². The van der Waals surface area contributed by atoms with Crippen molar-refractivity contribution in [2.75, 3.05) is 23.4 Å². The van der Waals surface area contributed by atoms with Crippen molar-refractivity contribution in [1.29, 1.82) is 0 Å². The van der Waals surface area contributed by atoms with Gasteiger partial charge in [-0.15, -0.1) is 0 Å². The van der Waals surface area contributed by atoms with Crippen molar-refractivity contribution >= 4 is 33.3 Å². The van der Waals surface area contributed by atoms with Crippen LogP contribution < -0.4 is 11.0 Å². The predicted molar refractivity (Wildman–Crippen MR) is 108 cm³/mol. The Hall–Kier alpha value is -1.07. The van der Waals surface area contributed by atoms with Crippen LogP contribution >= 0.6 is 21.6 Å². The molecule has 1 fully saturated rings. The molecule has 0 aromatic carbocycles. The first-order valence-corrected chi connectivity index (χ1v) is 11.3. The number of nitrogens with zero attached hydrogens (tertiary/aromatic N) is 2. The van der Waals surface area contributed by atoms with Gasteiger partial charge in [-0.25, -0.2) is 4.79 Å². The van der Waals surface area contributed by atoms with Gasteiger partial charge in [0.1, 0.15) is 18.1 Å². The Morgan fingerprint density at radius 1 is 1.44 bits per heavy atom. The number of aliphatic hydroxyl groups is 2. The lowest BCUT2D eigenvalue weighted by molar-refractivity contribution is -0.115. The highest BCUT2D eigenvalue weighted by molar-refractivity contribution is 8.76. The molecule has 0 aliphatic carbocycles. The van der Waals surface area contributed by atoms with Crippen LogP contribution in [0, 0.1) is 5.41 Å². The summed E-state index contributed by atoms with van der Waals surface area (Å²) in [6.45, 7) is 6.19. The maximum atomic E-state index is 12.2. The van der Waals surface area contributed by atoms with Crippen molar-refractivity contribution < 1.29 is 19.7 Å². The molecule has 2 heterocycles. The Morgan fingerprint density at radius 2 is 2.19 bits per heavy atom. The van der Waals surface area contributed by atoms with Crippen LogP contribution in [0.15, 0.2) is 17.1 Å². The predicted octanol–water partition coefficient (Wildman–Crippen LogP) is 1.64. The fourth-order valence-electron chi connectivity index (χ4n) is 2.37. The molecule has 27 heavy (non-hydrogen) atoms. The second-order valence-corrected chi connectivity index (χ2v) is 10.1. The standard InChI is InChI=1S/C17H27N3O5S2/c1-17(2,3)10-27-26-7-5-14(23)18-13-4-6-20(16(24)19-13)15-8-11(22)12(9-21)25-15/h4,6,11-12,15,21-22H,5,7-10H2,1-3H3,(H,18,19,23,24)/t11?,12-,15-/m1/s1. The summed E-state index contributed by atoms with van der Waals surface area (Å²) < 4.78 is 6.68. The minimum atomic E-state index is -0.833. The zero-order chi connectivity index (χ0) is 20.0. The number of aliphatic hydroxyl groups excluding tert-OH is 2. The van der Waals surface area contributed by atoms with Crippen LogP contribution in [-0.4, -0.2) is 56.0 Å². The monoisotopic (exact) mass is 417 g/mol. The third kappa shape index (κ3) is 7.11. The van der Waals surface area contributed by atoms with Gasteiger partial charge in [-0.1, -0.05) is 42.4 Å². The van der Waals surface area contributed by atoms with Gasteiger partial charge in [0.05, 0.1) is 12.7 Å². The number of aromatic nitrogens is 2. The van der Waals surface area contributed by atoms with E-state index in [1.54, 1.807) is 21.6 Å². The lowest BCUT2D eigenvalue weighted by Crippen LogP contribution is -2.28. The lowest BCUT2D eigenvalue weighted by atomic mass is 10.0. The normalized spacial score (nSPS) is 22.8. The van der Waals surface area contributed by atoms with Crippen molar-refractivity contribution in [3.05, 3.63) is 22.7 Å². The summed E-state index contributed by atoms with van der Waals surface area (Å²) in [5, 5.41) is 21.5. The fourth-order valence-corrected chi connectivity index (χ4v) is 5.11. The van der Waals surface area contributed by atoms with E-state index < -0.39 is 24.1 Å². The van der Waals surface area contributed by atoms with Gasteiger partial charge >= 0.3 is 5.69 Å². The number of hydrogen-bond donors (Lipinski definition) is 3. The van der Waals surface area contributed by atoms with Gasteiger partial charge in [0, 0.05) is 30.5 Å². The van der Waals surface area contributed by atoms with Crippen LogP contribution in [0.25, 0.3) is 0 Å². The van der Waals surface area contributed by atoms with Crippen molar-refractivity contribution in [3.8, 4) is 0 Å². The highest BCUT2D eigenvalue weighted by Gasteiger charge is 2.34. The van der Waals surface area contributed by atoms with E-state index >= 15 is 0 Å². The summed E-state index contributed by atoms with van der Waals surface area (Å²) in [6.07, 6.45) is -0.228. The number of hydrogen-bond acceptors (Lipinski definition) is 8. The molecule has 1 unspecified atom stereocenters. The minimum Gasteiger partial charge on any atom is -0.394 e. The highest BCUT2D eigenvalue weighted by atomic mass is 33.1.